The number of carboxylic acids is 1. The zero-order chi connectivity index (χ0) is 19.0. The average molecular weight is 364 g/mol. The fraction of sp³-hybridized carbons (Fsp3) is 0.190. The molecule has 0 spiro atoms. The predicted molar refractivity (Wildman–Crippen MR) is 99.4 cm³/mol. The molecule has 3 aromatic rings. The number of nitrogens with zero attached hydrogens (tertiary/aromatic N) is 1. The second kappa shape index (κ2) is 6.79. The van der Waals surface area contributed by atoms with Crippen molar-refractivity contribution in [3.05, 3.63) is 71.2 Å². The SMILES string of the molecule is O=C(O)Cc1ccc(NC(=O)c2cc(C3CC3)nc3ccc(F)cc23)cc1. The lowest BCUT2D eigenvalue weighted by Crippen LogP contribution is -2.13. The minimum atomic E-state index is -0.912. The van der Waals surface area contributed by atoms with Crippen molar-refractivity contribution in [2.75, 3.05) is 5.32 Å². The highest BCUT2D eigenvalue weighted by Gasteiger charge is 2.27. The van der Waals surface area contributed by atoms with Crippen molar-refractivity contribution in [3.63, 3.8) is 0 Å². The molecule has 0 atom stereocenters. The van der Waals surface area contributed by atoms with Crippen molar-refractivity contribution in [1.82, 2.24) is 4.98 Å². The van der Waals surface area contributed by atoms with Gasteiger partial charge in [-0.2, -0.15) is 0 Å². The normalized spacial score (nSPS) is 13.5. The molecular weight excluding hydrogens is 347 g/mol. The van der Waals surface area contributed by atoms with Crippen LogP contribution in [0.15, 0.2) is 48.5 Å². The van der Waals surface area contributed by atoms with Gasteiger partial charge >= 0.3 is 5.97 Å². The number of benzene rings is 2. The second-order valence-corrected chi connectivity index (χ2v) is 6.75. The molecule has 2 aromatic carbocycles. The molecule has 1 amide bonds. The van der Waals surface area contributed by atoms with Gasteiger partial charge in [-0.25, -0.2) is 4.39 Å². The highest BCUT2D eigenvalue weighted by Crippen LogP contribution is 2.40. The number of aromatic nitrogens is 1. The van der Waals surface area contributed by atoms with E-state index in [0.29, 0.717) is 33.6 Å². The molecule has 1 heterocycles. The van der Waals surface area contributed by atoms with E-state index in [9.17, 15) is 14.0 Å². The molecule has 6 heteroatoms. The number of carbonyl (C=O) groups excluding carboxylic acids is 1. The first-order chi connectivity index (χ1) is 13.0. The summed E-state index contributed by atoms with van der Waals surface area (Å²) in [5, 5.41) is 12.1. The molecule has 5 nitrogen and oxygen atoms in total. The van der Waals surface area contributed by atoms with E-state index in [0.717, 1.165) is 18.5 Å². The van der Waals surface area contributed by atoms with E-state index < -0.39 is 11.8 Å². The number of nitrogens with one attached hydrogen (secondary N) is 1. The molecule has 1 aliphatic rings. The lowest BCUT2D eigenvalue weighted by molar-refractivity contribution is -0.136. The van der Waals surface area contributed by atoms with Gasteiger partial charge in [-0.15, -0.1) is 0 Å². The Bertz CT molecular complexity index is 1040. The molecule has 1 aliphatic carbocycles. The van der Waals surface area contributed by atoms with Crippen molar-refractivity contribution >= 4 is 28.5 Å². The maximum absolute atomic E-state index is 13.7. The summed E-state index contributed by atoms with van der Waals surface area (Å²) in [6.07, 6.45) is 2.02. The van der Waals surface area contributed by atoms with E-state index in [1.807, 2.05) is 0 Å². The highest BCUT2D eigenvalue weighted by molar-refractivity contribution is 6.12. The quantitative estimate of drug-likeness (QED) is 0.713. The number of amides is 1. The van der Waals surface area contributed by atoms with E-state index in [1.165, 1.54) is 12.1 Å². The van der Waals surface area contributed by atoms with Crippen molar-refractivity contribution in [3.8, 4) is 0 Å². The molecule has 0 bridgehead atoms. The summed E-state index contributed by atoms with van der Waals surface area (Å²) < 4.78 is 13.7. The standard InChI is InChI=1S/C21H17FN2O3/c22-14-5-8-18-16(10-14)17(11-19(24-18)13-3-4-13)21(27)23-15-6-1-12(2-7-15)9-20(25)26/h1-2,5-8,10-11,13H,3-4,9H2,(H,23,27)(H,25,26). The van der Waals surface area contributed by atoms with Crippen LogP contribution in [-0.4, -0.2) is 22.0 Å². The van der Waals surface area contributed by atoms with Crippen LogP contribution >= 0.6 is 0 Å². The summed E-state index contributed by atoms with van der Waals surface area (Å²) in [7, 11) is 0. The van der Waals surface area contributed by atoms with Gasteiger partial charge < -0.3 is 10.4 Å². The van der Waals surface area contributed by atoms with Gasteiger partial charge in [0.2, 0.25) is 0 Å². The van der Waals surface area contributed by atoms with Gasteiger partial charge in [-0.1, -0.05) is 12.1 Å². The molecular formula is C21H17FN2O3. The van der Waals surface area contributed by atoms with Gasteiger partial charge in [-0.3, -0.25) is 14.6 Å². The first-order valence-electron chi connectivity index (χ1n) is 8.72. The number of rotatable bonds is 5. The molecule has 1 saturated carbocycles. The van der Waals surface area contributed by atoms with Crippen LogP contribution in [0, 0.1) is 5.82 Å². The van der Waals surface area contributed by atoms with Crippen molar-refractivity contribution < 1.29 is 19.1 Å². The van der Waals surface area contributed by atoms with Crippen molar-refractivity contribution in [1.29, 1.82) is 0 Å². The van der Waals surface area contributed by atoms with E-state index in [-0.39, 0.29) is 12.3 Å². The number of hydrogen-bond acceptors (Lipinski definition) is 3. The molecule has 4 rings (SSSR count). The minimum absolute atomic E-state index is 0.0761. The maximum Gasteiger partial charge on any atom is 0.307 e. The maximum atomic E-state index is 13.7. The number of aliphatic carboxylic acids is 1. The van der Waals surface area contributed by atoms with Gasteiger partial charge in [0, 0.05) is 22.7 Å². The Hall–Kier alpha value is -3.28. The highest BCUT2D eigenvalue weighted by atomic mass is 19.1. The number of anilines is 1. The predicted octanol–water partition coefficient (Wildman–Crippen LogP) is 4.13. The summed E-state index contributed by atoms with van der Waals surface area (Å²) in [6.45, 7) is 0. The van der Waals surface area contributed by atoms with Gasteiger partial charge in [0.25, 0.3) is 5.91 Å². The van der Waals surface area contributed by atoms with Gasteiger partial charge in [0.05, 0.1) is 17.5 Å². The number of carbonyl (C=O) groups is 2. The summed E-state index contributed by atoms with van der Waals surface area (Å²) in [5.41, 5.74) is 3.03. The van der Waals surface area contributed by atoms with Crippen LogP contribution in [0.1, 0.15) is 40.4 Å². The molecule has 0 aliphatic heterocycles. The van der Waals surface area contributed by atoms with Gasteiger partial charge in [0.15, 0.2) is 0 Å². The third kappa shape index (κ3) is 3.79. The zero-order valence-corrected chi connectivity index (χ0v) is 14.4. The first-order valence-corrected chi connectivity index (χ1v) is 8.72. The molecule has 1 fully saturated rings. The Balaban J connectivity index is 1.65. The average Bonchev–Trinajstić information content (AvgIpc) is 3.47. The molecule has 0 saturated heterocycles. The van der Waals surface area contributed by atoms with E-state index in [2.05, 4.69) is 10.3 Å². The van der Waals surface area contributed by atoms with E-state index in [1.54, 1.807) is 36.4 Å². The van der Waals surface area contributed by atoms with Crippen LogP contribution < -0.4 is 5.32 Å². The monoisotopic (exact) mass is 364 g/mol. The van der Waals surface area contributed by atoms with E-state index >= 15 is 0 Å². The number of hydrogen-bond donors (Lipinski definition) is 2. The van der Waals surface area contributed by atoms with Gasteiger partial charge in [0.1, 0.15) is 5.82 Å². The molecule has 1 aromatic heterocycles. The van der Waals surface area contributed by atoms with E-state index in [4.69, 9.17) is 5.11 Å². The summed E-state index contributed by atoms with van der Waals surface area (Å²) in [5.74, 6) is -1.32. The number of halogens is 1. The largest absolute Gasteiger partial charge is 0.481 e. The summed E-state index contributed by atoms with van der Waals surface area (Å²) >= 11 is 0. The van der Waals surface area contributed by atoms with Crippen LogP contribution in [0.2, 0.25) is 0 Å². The Labute approximate surface area is 154 Å². The molecule has 136 valence electrons. The minimum Gasteiger partial charge on any atom is -0.481 e. The van der Waals surface area contributed by atoms with Crippen molar-refractivity contribution in [2.24, 2.45) is 0 Å². The lowest BCUT2D eigenvalue weighted by Gasteiger charge is -2.11. The summed E-state index contributed by atoms with van der Waals surface area (Å²) in [4.78, 5) is 28.2. The van der Waals surface area contributed by atoms with Crippen LogP contribution in [0.5, 0.6) is 0 Å². The van der Waals surface area contributed by atoms with Crippen molar-refractivity contribution in [2.45, 2.75) is 25.2 Å². The van der Waals surface area contributed by atoms with Crippen LogP contribution in [0.4, 0.5) is 10.1 Å². The first kappa shape index (κ1) is 17.1. The molecule has 27 heavy (non-hydrogen) atoms. The lowest BCUT2D eigenvalue weighted by atomic mass is 10.0. The topological polar surface area (TPSA) is 79.3 Å². The summed E-state index contributed by atoms with van der Waals surface area (Å²) in [6, 6.07) is 12.6. The fourth-order valence-electron chi connectivity index (χ4n) is 3.07. The Morgan fingerprint density at radius 3 is 2.52 bits per heavy atom. The molecule has 0 radical (unpaired) electrons. The molecule has 2 N–H and O–H groups in total. The number of carboxylic acid groups (broad SMARTS) is 1. The van der Waals surface area contributed by atoms with Crippen LogP contribution in [0.3, 0.4) is 0 Å². The fourth-order valence-corrected chi connectivity index (χ4v) is 3.07. The zero-order valence-electron chi connectivity index (χ0n) is 14.4. The Morgan fingerprint density at radius 2 is 1.85 bits per heavy atom. The van der Waals surface area contributed by atoms with Crippen LogP contribution in [-0.2, 0) is 11.2 Å². The smallest absolute Gasteiger partial charge is 0.307 e. The second-order valence-electron chi connectivity index (χ2n) is 6.75. The van der Waals surface area contributed by atoms with Gasteiger partial charge in [-0.05, 0) is 54.8 Å². The van der Waals surface area contributed by atoms with Crippen LogP contribution in [0.25, 0.3) is 10.9 Å². The third-order valence-corrected chi connectivity index (χ3v) is 4.60. The Kier molecular flexibility index (Phi) is 4.32. The molecule has 0 unspecified atom stereocenters. The third-order valence-electron chi connectivity index (χ3n) is 4.60. The number of fused-ring (bicyclic) bond motifs is 1. The Morgan fingerprint density at radius 1 is 1.11 bits per heavy atom. The number of pyridine rings is 1.